The maximum absolute atomic E-state index is 12.0. The molecule has 3 rings (SSSR count). The maximum Gasteiger partial charge on any atom is 0.407 e. The molecule has 1 unspecified atom stereocenters. The van der Waals surface area contributed by atoms with Crippen LogP contribution in [0.5, 0.6) is 0 Å². The molecule has 29 heavy (non-hydrogen) atoms. The highest BCUT2D eigenvalue weighted by atomic mass is 16.5. The van der Waals surface area contributed by atoms with Crippen LogP contribution in [0.25, 0.3) is 11.1 Å². The molecule has 2 aromatic rings. The van der Waals surface area contributed by atoms with Crippen molar-refractivity contribution < 1.29 is 29.3 Å². The molecule has 152 valence electrons. The van der Waals surface area contributed by atoms with Crippen LogP contribution in [-0.4, -0.2) is 54.0 Å². The van der Waals surface area contributed by atoms with E-state index in [0.717, 1.165) is 22.3 Å². The van der Waals surface area contributed by atoms with Gasteiger partial charge in [-0.3, -0.25) is 9.59 Å². The van der Waals surface area contributed by atoms with E-state index in [4.69, 9.17) is 9.84 Å². The van der Waals surface area contributed by atoms with Crippen LogP contribution >= 0.6 is 0 Å². The summed E-state index contributed by atoms with van der Waals surface area (Å²) in [4.78, 5) is 34.1. The van der Waals surface area contributed by atoms with Crippen molar-refractivity contribution in [2.24, 2.45) is 0 Å². The summed E-state index contributed by atoms with van der Waals surface area (Å²) in [6.45, 7) is -0.410. The highest BCUT2D eigenvalue weighted by Crippen LogP contribution is 2.44. The van der Waals surface area contributed by atoms with Gasteiger partial charge in [-0.05, 0) is 22.3 Å². The first-order valence-corrected chi connectivity index (χ1v) is 9.21. The predicted molar refractivity (Wildman–Crippen MR) is 104 cm³/mol. The van der Waals surface area contributed by atoms with Gasteiger partial charge in [0.25, 0.3) is 0 Å². The lowest BCUT2D eigenvalue weighted by molar-refractivity contribution is -0.139. The fourth-order valence-electron chi connectivity index (χ4n) is 3.37. The summed E-state index contributed by atoms with van der Waals surface area (Å²) in [5, 5.41) is 22.6. The molecule has 0 spiro atoms. The highest BCUT2D eigenvalue weighted by Gasteiger charge is 2.29. The number of aliphatic hydroxyl groups is 1. The number of rotatable bonds is 8. The number of aliphatic hydroxyl groups excluding tert-OH is 1. The van der Waals surface area contributed by atoms with Gasteiger partial charge in [-0.25, -0.2) is 4.79 Å². The van der Waals surface area contributed by atoms with E-state index in [0.29, 0.717) is 0 Å². The quantitative estimate of drug-likeness (QED) is 0.534. The summed E-state index contributed by atoms with van der Waals surface area (Å²) in [6, 6.07) is 15.9. The molecule has 0 radical (unpaired) electrons. The molecule has 0 aromatic heterocycles. The number of nitrogens with one attached hydrogen (secondary N) is 2. The van der Waals surface area contributed by atoms with Gasteiger partial charge in [0.1, 0.15) is 6.61 Å². The number of hydrogen-bond donors (Lipinski definition) is 4. The summed E-state index contributed by atoms with van der Waals surface area (Å²) in [6.07, 6.45) is -2.39. The minimum absolute atomic E-state index is 0.0758. The SMILES string of the molecule is O=C(O)CC(O)CNC(=O)CNC(=O)OCC1c2ccccc2-c2ccccc21. The molecular weight excluding hydrogens is 376 g/mol. The predicted octanol–water partition coefficient (Wildman–Crippen LogP) is 1.48. The number of hydrogen-bond acceptors (Lipinski definition) is 5. The third kappa shape index (κ3) is 5.11. The number of benzene rings is 2. The standard InChI is InChI=1S/C21H22N2O6/c24-13(9-20(26)27)10-22-19(25)11-23-21(28)29-12-18-16-7-3-1-5-14(16)15-6-2-4-8-17(15)18/h1-8,13,18,24H,9-12H2,(H,22,25)(H,23,28)(H,26,27). The third-order valence-corrected chi connectivity index (χ3v) is 4.68. The van der Waals surface area contributed by atoms with Crippen molar-refractivity contribution in [3.05, 3.63) is 59.7 Å². The molecule has 2 aromatic carbocycles. The Labute approximate surface area is 167 Å². The van der Waals surface area contributed by atoms with E-state index < -0.39 is 30.5 Å². The van der Waals surface area contributed by atoms with Crippen LogP contribution in [0.1, 0.15) is 23.5 Å². The topological polar surface area (TPSA) is 125 Å². The number of carbonyl (C=O) groups excluding carboxylic acids is 2. The number of fused-ring (bicyclic) bond motifs is 3. The van der Waals surface area contributed by atoms with E-state index in [1.807, 2.05) is 48.5 Å². The average molecular weight is 398 g/mol. The molecule has 8 heteroatoms. The molecule has 1 atom stereocenters. The fourth-order valence-corrected chi connectivity index (χ4v) is 3.37. The van der Waals surface area contributed by atoms with Gasteiger partial charge in [0.2, 0.25) is 5.91 Å². The smallest absolute Gasteiger partial charge is 0.407 e. The Morgan fingerprint density at radius 2 is 1.55 bits per heavy atom. The van der Waals surface area contributed by atoms with Gasteiger partial charge in [0, 0.05) is 12.5 Å². The van der Waals surface area contributed by atoms with Crippen molar-refractivity contribution in [2.75, 3.05) is 19.7 Å². The third-order valence-electron chi connectivity index (χ3n) is 4.68. The van der Waals surface area contributed by atoms with Crippen molar-refractivity contribution in [1.29, 1.82) is 0 Å². The van der Waals surface area contributed by atoms with Crippen LogP contribution in [0.2, 0.25) is 0 Å². The van der Waals surface area contributed by atoms with Crippen LogP contribution in [0.4, 0.5) is 4.79 Å². The number of ether oxygens (including phenoxy) is 1. The number of carbonyl (C=O) groups is 3. The highest BCUT2D eigenvalue weighted by molar-refractivity contribution is 5.82. The second kappa shape index (κ2) is 9.20. The number of alkyl carbamates (subject to hydrolysis) is 1. The zero-order valence-electron chi connectivity index (χ0n) is 15.6. The number of aliphatic carboxylic acids is 1. The molecule has 0 aliphatic heterocycles. The molecule has 0 saturated carbocycles. The van der Waals surface area contributed by atoms with E-state index in [-0.39, 0.29) is 25.6 Å². The van der Waals surface area contributed by atoms with Gasteiger partial charge in [-0.2, -0.15) is 0 Å². The lowest BCUT2D eigenvalue weighted by atomic mass is 9.98. The van der Waals surface area contributed by atoms with Crippen molar-refractivity contribution >= 4 is 18.0 Å². The molecule has 0 fully saturated rings. The van der Waals surface area contributed by atoms with E-state index in [2.05, 4.69) is 10.6 Å². The fraction of sp³-hybridized carbons (Fsp3) is 0.286. The zero-order chi connectivity index (χ0) is 20.8. The molecule has 0 heterocycles. The van der Waals surface area contributed by atoms with Gasteiger partial charge >= 0.3 is 12.1 Å². The van der Waals surface area contributed by atoms with Gasteiger partial charge in [0.15, 0.2) is 0 Å². The monoisotopic (exact) mass is 398 g/mol. The minimum Gasteiger partial charge on any atom is -0.481 e. The summed E-state index contributed by atoms with van der Waals surface area (Å²) in [7, 11) is 0. The first-order chi connectivity index (χ1) is 14.0. The Balaban J connectivity index is 1.48. The second-order valence-electron chi connectivity index (χ2n) is 6.73. The van der Waals surface area contributed by atoms with Gasteiger partial charge in [-0.1, -0.05) is 48.5 Å². The molecule has 0 saturated heterocycles. The van der Waals surface area contributed by atoms with Crippen molar-refractivity contribution in [1.82, 2.24) is 10.6 Å². The molecular formula is C21H22N2O6. The summed E-state index contributed by atoms with van der Waals surface area (Å²) < 4.78 is 5.31. The van der Waals surface area contributed by atoms with Crippen LogP contribution < -0.4 is 10.6 Å². The van der Waals surface area contributed by atoms with Crippen molar-refractivity contribution in [3.8, 4) is 11.1 Å². The maximum atomic E-state index is 12.0. The van der Waals surface area contributed by atoms with Crippen molar-refractivity contribution in [3.63, 3.8) is 0 Å². The van der Waals surface area contributed by atoms with Crippen LogP contribution in [0, 0.1) is 0 Å². The van der Waals surface area contributed by atoms with E-state index in [9.17, 15) is 19.5 Å². The average Bonchev–Trinajstić information content (AvgIpc) is 3.02. The van der Waals surface area contributed by atoms with Crippen LogP contribution in [0.3, 0.4) is 0 Å². The zero-order valence-corrected chi connectivity index (χ0v) is 15.6. The van der Waals surface area contributed by atoms with Gasteiger partial charge in [-0.15, -0.1) is 0 Å². The Morgan fingerprint density at radius 3 is 2.14 bits per heavy atom. The largest absolute Gasteiger partial charge is 0.481 e. The van der Waals surface area contributed by atoms with Crippen LogP contribution in [-0.2, 0) is 14.3 Å². The first kappa shape index (κ1) is 20.3. The number of amides is 2. The normalized spacial score (nSPS) is 13.1. The Bertz CT molecular complexity index is 868. The number of carboxylic acid groups (broad SMARTS) is 1. The van der Waals surface area contributed by atoms with Crippen LogP contribution in [0.15, 0.2) is 48.5 Å². The van der Waals surface area contributed by atoms with E-state index >= 15 is 0 Å². The molecule has 4 N–H and O–H groups in total. The van der Waals surface area contributed by atoms with E-state index in [1.54, 1.807) is 0 Å². The van der Waals surface area contributed by atoms with Crippen molar-refractivity contribution in [2.45, 2.75) is 18.4 Å². The second-order valence-corrected chi connectivity index (χ2v) is 6.73. The molecule has 1 aliphatic carbocycles. The lowest BCUT2D eigenvalue weighted by Gasteiger charge is -2.15. The lowest BCUT2D eigenvalue weighted by Crippen LogP contribution is -2.40. The number of carboxylic acids is 1. The summed E-state index contributed by atoms with van der Waals surface area (Å²) >= 11 is 0. The first-order valence-electron chi connectivity index (χ1n) is 9.21. The van der Waals surface area contributed by atoms with E-state index in [1.165, 1.54) is 0 Å². The molecule has 8 nitrogen and oxygen atoms in total. The Morgan fingerprint density at radius 1 is 0.966 bits per heavy atom. The Kier molecular flexibility index (Phi) is 6.46. The summed E-state index contributed by atoms with van der Waals surface area (Å²) in [5.74, 6) is -1.79. The molecule has 1 aliphatic rings. The minimum atomic E-state index is -1.19. The molecule has 0 bridgehead atoms. The van der Waals surface area contributed by atoms with Gasteiger partial charge in [0.05, 0.1) is 19.1 Å². The van der Waals surface area contributed by atoms with Gasteiger partial charge < -0.3 is 25.6 Å². The Hall–Kier alpha value is -3.39. The molecule has 2 amide bonds. The summed E-state index contributed by atoms with van der Waals surface area (Å²) in [5.41, 5.74) is 4.42.